The van der Waals surface area contributed by atoms with E-state index in [9.17, 15) is 0 Å². The van der Waals surface area contributed by atoms with Crippen LogP contribution in [0.4, 0.5) is 5.82 Å². The standard InChI is InChI=1S/C14H17BrN4/c1-4-7-17-13-11(15)10(3)18-14(19-13)12-9(2)6-5-8-16-12/h5-6,8H,4,7H2,1-3H3,(H,17,18,19). The second-order valence-electron chi connectivity index (χ2n) is 4.39. The number of anilines is 1. The van der Waals surface area contributed by atoms with Gasteiger partial charge in [-0.2, -0.15) is 0 Å². The number of halogens is 1. The molecule has 2 aromatic rings. The molecule has 0 aliphatic heterocycles. The lowest BCUT2D eigenvalue weighted by atomic mass is 10.2. The van der Waals surface area contributed by atoms with Gasteiger partial charge in [-0.05, 0) is 47.8 Å². The fraction of sp³-hybridized carbons (Fsp3) is 0.357. The van der Waals surface area contributed by atoms with Crippen molar-refractivity contribution in [2.75, 3.05) is 11.9 Å². The Hall–Kier alpha value is -1.49. The van der Waals surface area contributed by atoms with E-state index in [0.717, 1.165) is 40.2 Å². The maximum absolute atomic E-state index is 4.57. The molecule has 0 aromatic carbocycles. The molecule has 0 unspecified atom stereocenters. The van der Waals surface area contributed by atoms with Gasteiger partial charge in [-0.1, -0.05) is 13.0 Å². The van der Waals surface area contributed by atoms with Crippen molar-refractivity contribution in [3.05, 3.63) is 34.1 Å². The van der Waals surface area contributed by atoms with Crippen LogP contribution in [-0.4, -0.2) is 21.5 Å². The van der Waals surface area contributed by atoms with Crippen molar-refractivity contribution < 1.29 is 0 Å². The summed E-state index contributed by atoms with van der Waals surface area (Å²) in [7, 11) is 0. The van der Waals surface area contributed by atoms with Gasteiger partial charge in [0.05, 0.1) is 10.2 Å². The number of hydrogen-bond donors (Lipinski definition) is 1. The molecule has 0 atom stereocenters. The first kappa shape index (κ1) is 13.9. The van der Waals surface area contributed by atoms with Crippen LogP contribution in [0.15, 0.2) is 22.8 Å². The molecule has 2 heterocycles. The average Bonchev–Trinajstić information content (AvgIpc) is 2.41. The van der Waals surface area contributed by atoms with Crippen LogP contribution >= 0.6 is 15.9 Å². The molecule has 5 heteroatoms. The zero-order chi connectivity index (χ0) is 13.8. The number of aromatic nitrogens is 3. The summed E-state index contributed by atoms with van der Waals surface area (Å²) >= 11 is 3.53. The lowest BCUT2D eigenvalue weighted by Gasteiger charge is -2.11. The van der Waals surface area contributed by atoms with Crippen molar-refractivity contribution in [2.45, 2.75) is 27.2 Å². The zero-order valence-corrected chi connectivity index (χ0v) is 13.0. The van der Waals surface area contributed by atoms with E-state index in [1.807, 2.05) is 26.0 Å². The molecular formula is C14H17BrN4. The van der Waals surface area contributed by atoms with Gasteiger partial charge in [-0.15, -0.1) is 0 Å². The first-order valence-corrected chi connectivity index (χ1v) is 7.12. The van der Waals surface area contributed by atoms with Crippen LogP contribution in [0.5, 0.6) is 0 Å². The summed E-state index contributed by atoms with van der Waals surface area (Å²) < 4.78 is 0.915. The fourth-order valence-corrected chi connectivity index (χ4v) is 2.06. The van der Waals surface area contributed by atoms with Crippen molar-refractivity contribution in [3.8, 4) is 11.5 Å². The van der Waals surface area contributed by atoms with Crippen molar-refractivity contribution in [3.63, 3.8) is 0 Å². The third-order valence-corrected chi connectivity index (χ3v) is 3.73. The first-order valence-electron chi connectivity index (χ1n) is 6.33. The van der Waals surface area contributed by atoms with E-state index in [2.05, 4.69) is 43.1 Å². The van der Waals surface area contributed by atoms with Crippen molar-refractivity contribution in [2.24, 2.45) is 0 Å². The lowest BCUT2D eigenvalue weighted by molar-refractivity contribution is 0.956. The molecule has 1 N–H and O–H groups in total. The van der Waals surface area contributed by atoms with Crippen LogP contribution in [0.2, 0.25) is 0 Å². The molecule has 19 heavy (non-hydrogen) atoms. The van der Waals surface area contributed by atoms with Gasteiger partial charge in [0.1, 0.15) is 11.5 Å². The van der Waals surface area contributed by atoms with Gasteiger partial charge < -0.3 is 5.32 Å². The Labute approximate surface area is 121 Å². The Morgan fingerprint density at radius 3 is 2.74 bits per heavy atom. The SMILES string of the molecule is CCCNc1nc(-c2ncccc2C)nc(C)c1Br. The molecule has 0 radical (unpaired) electrons. The lowest BCUT2D eigenvalue weighted by Crippen LogP contribution is -2.07. The Kier molecular flexibility index (Phi) is 4.47. The Bertz CT molecular complexity index is 584. The Balaban J connectivity index is 2.47. The Morgan fingerprint density at radius 2 is 2.05 bits per heavy atom. The van der Waals surface area contributed by atoms with Gasteiger partial charge in [-0.3, -0.25) is 4.98 Å². The molecule has 0 saturated heterocycles. The summed E-state index contributed by atoms with van der Waals surface area (Å²) in [6, 6.07) is 3.93. The molecular weight excluding hydrogens is 304 g/mol. The van der Waals surface area contributed by atoms with Crippen LogP contribution in [0, 0.1) is 13.8 Å². The molecule has 0 bridgehead atoms. The van der Waals surface area contributed by atoms with Crippen molar-refractivity contribution >= 4 is 21.7 Å². The normalized spacial score (nSPS) is 10.5. The highest BCUT2D eigenvalue weighted by molar-refractivity contribution is 9.10. The minimum atomic E-state index is 0.664. The van der Waals surface area contributed by atoms with Crippen LogP contribution in [0.25, 0.3) is 11.5 Å². The van der Waals surface area contributed by atoms with E-state index >= 15 is 0 Å². The molecule has 0 aliphatic carbocycles. The maximum Gasteiger partial charge on any atom is 0.180 e. The van der Waals surface area contributed by atoms with E-state index < -0.39 is 0 Å². The molecule has 0 spiro atoms. The predicted molar refractivity (Wildman–Crippen MR) is 81.2 cm³/mol. The van der Waals surface area contributed by atoms with Gasteiger partial charge in [0.15, 0.2) is 5.82 Å². The second-order valence-corrected chi connectivity index (χ2v) is 5.18. The molecule has 4 nitrogen and oxygen atoms in total. The summed E-state index contributed by atoms with van der Waals surface area (Å²) in [6.45, 7) is 6.99. The molecule has 0 fully saturated rings. The fourth-order valence-electron chi connectivity index (χ4n) is 1.75. The van der Waals surface area contributed by atoms with E-state index in [0.29, 0.717) is 5.82 Å². The number of rotatable bonds is 4. The quantitative estimate of drug-likeness (QED) is 0.932. The number of pyridine rings is 1. The van der Waals surface area contributed by atoms with Crippen LogP contribution in [0.3, 0.4) is 0 Å². The summed E-state index contributed by atoms with van der Waals surface area (Å²) in [5.74, 6) is 1.49. The zero-order valence-electron chi connectivity index (χ0n) is 11.4. The number of hydrogen-bond acceptors (Lipinski definition) is 4. The van der Waals surface area contributed by atoms with Gasteiger partial charge >= 0.3 is 0 Å². The molecule has 0 aliphatic rings. The topological polar surface area (TPSA) is 50.7 Å². The summed E-state index contributed by atoms with van der Waals surface area (Å²) in [5.41, 5.74) is 2.82. The molecule has 2 aromatic heterocycles. The van der Waals surface area contributed by atoms with Gasteiger partial charge in [0.2, 0.25) is 0 Å². The predicted octanol–water partition coefficient (Wildman–Crippen LogP) is 3.74. The molecule has 0 amide bonds. The number of aryl methyl sites for hydroxylation is 2. The smallest absolute Gasteiger partial charge is 0.180 e. The summed E-state index contributed by atoms with van der Waals surface area (Å²) in [6.07, 6.45) is 2.82. The van der Waals surface area contributed by atoms with Gasteiger partial charge in [0.25, 0.3) is 0 Å². The monoisotopic (exact) mass is 320 g/mol. The first-order chi connectivity index (χ1) is 9.13. The van der Waals surface area contributed by atoms with Gasteiger partial charge in [0, 0.05) is 12.7 Å². The van der Waals surface area contributed by atoms with Crippen molar-refractivity contribution in [1.82, 2.24) is 15.0 Å². The van der Waals surface area contributed by atoms with E-state index in [4.69, 9.17) is 0 Å². The van der Waals surface area contributed by atoms with Crippen molar-refractivity contribution in [1.29, 1.82) is 0 Å². The van der Waals surface area contributed by atoms with E-state index in [1.165, 1.54) is 0 Å². The maximum atomic E-state index is 4.57. The third kappa shape index (κ3) is 3.10. The highest BCUT2D eigenvalue weighted by Gasteiger charge is 2.12. The molecule has 0 saturated carbocycles. The minimum Gasteiger partial charge on any atom is -0.369 e. The second kappa shape index (κ2) is 6.10. The van der Waals surface area contributed by atoms with Crippen LogP contribution in [-0.2, 0) is 0 Å². The largest absolute Gasteiger partial charge is 0.369 e. The average molecular weight is 321 g/mol. The van der Waals surface area contributed by atoms with E-state index in [-0.39, 0.29) is 0 Å². The van der Waals surface area contributed by atoms with Crippen LogP contribution < -0.4 is 5.32 Å². The van der Waals surface area contributed by atoms with Gasteiger partial charge in [-0.25, -0.2) is 9.97 Å². The minimum absolute atomic E-state index is 0.664. The molecule has 100 valence electrons. The molecule has 2 rings (SSSR count). The summed E-state index contributed by atoms with van der Waals surface area (Å²) in [5, 5.41) is 3.31. The number of nitrogens with one attached hydrogen (secondary N) is 1. The highest BCUT2D eigenvalue weighted by atomic mass is 79.9. The van der Waals surface area contributed by atoms with Crippen LogP contribution in [0.1, 0.15) is 24.6 Å². The highest BCUT2D eigenvalue weighted by Crippen LogP contribution is 2.27. The summed E-state index contributed by atoms with van der Waals surface area (Å²) in [4.78, 5) is 13.5. The third-order valence-electron chi connectivity index (χ3n) is 2.78. The van der Waals surface area contributed by atoms with E-state index in [1.54, 1.807) is 6.20 Å². The Morgan fingerprint density at radius 1 is 1.26 bits per heavy atom. The number of nitrogens with zero attached hydrogens (tertiary/aromatic N) is 3.